The number of likely N-dealkylation sites (tertiary alicyclic amines) is 4. The van der Waals surface area contributed by atoms with E-state index in [0.29, 0.717) is 6.04 Å². The van der Waals surface area contributed by atoms with Crippen LogP contribution in [0.5, 0.6) is 0 Å². The van der Waals surface area contributed by atoms with Gasteiger partial charge in [0.2, 0.25) is 0 Å². The Hall–Kier alpha value is -0.830. The number of aromatic nitrogens is 1. The summed E-state index contributed by atoms with van der Waals surface area (Å²) in [4.78, 5) is 16.5. The lowest BCUT2D eigenvalue weighted by atomic mass is 10.0. The van der Waals surface area contributed by atoms with E-state index < -0.39 is 0 Å². The summed E-state index contributed by atoms with van der Waals surface area (Å²) in [7, 11) is 4.48. The predicted octanol–water partition coefficient (Wildman–Crippen LogP) is 5.35. The second-order valence-electron chi connectivity index (χ2n) is 10.7. The van der Waals surface area contributed by atoms with E-state index in [1.807, 2.05) is 28.9 Å². The molecule has 4 fully saturated rings. The Bertz CT molecular complexity index is 755. The van der Waals surface area contributed by atoms with Crippen molar-refractivity contribution in [3.63, 3.8) is 0 Å². The van der Waals surface area contributed by atoms with Crippen LogP contribution in [-0.2, 0) is 0 Å². The third-order valence-electron chi connectivity index (χ3n) is 8.51. The number of thiazole rings is 1. The number of thiophene rings is 1. The summed E-state index contributed by atoms with van der Waals surface area (Å²) in [6.07, 6.45) is 12.7. The van der Waals surface area contributed by atoms with Crippen LogP contribution >= 0.6 is 22.7 Å². The van der Waals surface area contributed by atoms with Crippen LogP contribution in [0.2, 0.25) is 0 Å². The molecule has 4 aliphatic heterocycles. The molecule has 4 saturated heterocycles. The van der Waals surface area contributed by atoms with Gasteiger partial charge in [0.15, 0.2) is 0 Å². The summed E-state index contributed by atoms with van der Waals surface area (Å²) in [6, 6.07) is 7.49. The van der Waals surface area contributed by atoms with E-state index in [9.17, 15) is 0 Å². The van der Waals surface area contributed by atoms with Crippen molar-refractivity contribution in [3.05, 3.63) is 39.0 Å². The van der Waals surface area contributed by atoms with E-state index in [4.69, 9.17) is 0 Å². The molecule has 0 aromatic carbocycles. The Kier molecular flexibility index (Phi) is 8.72. The van der Waals surface area contributed by atoms with Crippen molar-refractivity contribution in [2.24, 2.45) is 0 Å². The Labute approximate surface area is 214 Å². The van der Waals surface area contributed by atoms with Crippen molar-refractivity contribution in [1.82, 2.24) is 24.6 Å². The molecule has 0 unspecified atom stereocenters. The van der Waals surface area contributed by atoms with Crippen LogP contribution in [-0.4, -0.2) is 90.0 Å². The smallest absolute Gasteiger partial charge is 0.110 e. The standard InChI is InChI=1S/C14H22N2S.C13H21N3S/c1-15-9-6-12(7-10-15)16-8-2-4-13(16)14-5-3-11-17-14;1-15-8-4-11(5-9-15)16-7-2-3-12(16)13-14-6-10-17-13/h3,5,11-13H,2,4,6-10H2,1H3;6,10-12H,2-5,7-9H2,1H3/t13-;12-/m11/s1. The second-order valence-corrected chi connectivity index (χ2v) is 12.7. The molecule has 6 heterocycles. The van der Waals surface area contributed by atoms with Gasteiger partial charge in [0.25, 0.3) is 0 Å². The van der Waals surface area contributed by atoms with Gasteiger partial charge in [0.05, 0.1) is 6.04 Å². The molecule has 5 nitrogen and oxygen atoms in total. The molecule has 0 spiro atoms. The lowest BCUT2D eigenvalue weighted by molar-refractivity contribution is 0.110. The zero-order chi connectivity index (χ0) is 23.3. The summed E-state index contributed by atoms with van der Waals surface area (Å²) in [5.41, 5.74) is 0. The third kappa shape index (κ3) is 5.93. The zero-order valence-electron chi connectivity index (χ0n) is 21.1. The Morgan fingerprint density at radius 2 is 1.29 bits per heavy atom. The van der Waals surface area contributed by atoms with Crippen LogP contribution in [0, 0.1) is 0 Å². The quantitative estimate of drug-likeness (QED) is 0.562. The number of hydrogen-bond acceptors (Lipinski definition) is 7. The zero-order valence-corrected chi connectivity index (χ0v) is 22.8. The Morgan fingerprint density at radius 1 is 0.706 bits per heavy atom. The molecule has 2 aromatic rings. The molecular weight excluding hydrogens is 458 g/mol. The van der Waals surface area contributed by atoms with Gasteiger partial charge < -0.3 is 9.80 Å². The van der Waals surface area contributed by atoms with E-state index in [1.165, 1.54) is 95.6 Å². The summed E-state index contributed by atoms with van der Waals surface area (Å²) >= 11 is 3.76. The fourth-order valence-electron chi connectivity index (χ4n) is 6.56. The molecule has 0 saturated carbocycles. The van der Waals surface area contributed by atoms with Crippen LogP contribution < -0.4 is 0 Å². The fourth-order valence-corrected chi connectivity index (χ4v) is 8.23. The highest BCUT2D eigenvalue weighted by Crippen LogP contribution is 2.38. The van der Waals surface area contributed by atoms with Crippen molar-refractivity contribution >= 4 is 22.7 Å². The van der Waals surface area contributed by atoms with E-state index in [-0.39, 0.29) is 0 Å². The van der Waals surface area contributed by atoms with Crippen LogP contribution in [0.3, 0.4) is 0 Å². The minimum absolute atomic E-state index is 0.614. The SMILES string of the molecule is CN1CCC(N2CCC[C@@H]2c2cccs2)CC1.CN1CCC(N2CCC[C@@H]2c2nccs2)CC1. The molecule has 0 radical (unpaired) electrons. The van der Waals surface area contributed by atoms with Crippen molar-refractivity contribution in [3.8, 4) is 0 Å². The first-order chi connectivity index (χ1) is 16.7. The lowest BCUT2D eigenvalue weighted by Crippen LogP contribution is -2.43. The van der Waals surface area contributed by atoms with Crippen molar-refractivity contribution < 1.29 is 0 Å². The van der Waals surface area contributed by atoms with Gasteiger partial charge in [-0.15, -0.1) is 22.7 Å². The van der Waals surface area contributed by atoms with Crippen LogP contribution in [0.25, 0.3) is 0 Å². The van der Waals surface area contributed by atoms with Gasteiger partial charge in [0, 0.05) is 34.6 Å². The molecule has 6 rings (SSSR count). The number of nitrogens with zero attached hydrogens (tertiary/aromatic N) is 5. The first-order valence-corrected chi connectivity index (χ1v) is 15.3. The minimum Gasteiger partial charge on any atom is -0.306 e. The predicted molar refractivity (Wildman–Crippen MR) is 145 cm³/mol. The van der Waals surface area contributed by atoms with Gasteiger partial charge in [-0.2, -0.15) is 0 Å². The summed E-state index contributed by atoms with van der Waals surface area (Å²) in [6.45, 7) is 7.66. The van der Waals surface area contributed by atoms with Crippen LogP contribution in [0.1, 0.15) is 73.3 Å². The molecule has 0 amide bonds. The molecule has 34 heavy (non-hydrogen) atoms. The molecule has 7 heteroatoms. The highest BCUT2D eigenvalue weighted by Gasteiger charge is 2.35. The fraction of sp³-hybridized carbons (Fsp3) is 0.741. The average Bonchev–Trinajstić information content (AvgIpc) is 3.67. The molecule has 0 bridgehead atoms. The van der Waals surface area contributed by atoms with Gasteiger partial charge in [-0.1, -0.05) is 6.07 Å². The highest BCUT2D eigenvalue weighted by molar-refractivity contribution is 7.10. The Balaban J connectivity index is 0.000000142. The van der Waals surface area contributed by atoms with Gasteiger partial charge in [-0.25, -0.2) is 4.98 Å². The van der Waals surface area contributed by atoms with Gasteiger partial charge in [-0.3, -0.25) is 9.80 Å². The summed E-state index contributed by atoms with van der Waals surface area (Å²) < 4.78 is 0. The van der Waals surface area contributed by atoms with Gasteiger partial charge >= 0.3 is 0 Å². The molecular formula is C27H43N5S2. The van der Waals surface area contributed by atoms with Gasteiger partial charge in [-0.05, 0) is 116 Å². The second kappa shape index (κ2) is 11.9. The monoisotopic (exact) mass is 501 g/mol. The Morgan fingerprint density at radius 3 is 1.82 bits per heavy atom. The van der Waals surface area contributed by atoms with Crippen molar-refractivity contribution in [2.45, 2.75) is 75.5 Å². The molecule has 0 N–H and O–H groups in total. The van der Waals surface area contributed by atoms with E-state index >= 15 is 0 Å². The first kappa shape index (κ1) is 24.8. The topological polar surface area (TPSA) is 25.9 Å². The molecule has 4 aliphatic rings. The molecule has 2 atom stereocenters. The van der Waals surface area contributed by atoms with Crippen molar-refractivity contribution in [2.75, 3.05) is 53.4 Å². The normalized spacial score (nSPS) is 28.9. The van der Waals surface area contributed by atoms with E-state index in [1.54, 1.807) is 4.88 Å². The number of piperidine rings is 2. The number of hydrogen-bond donors (Lipinski definition) is 0. The van der Waals surface area contributed by atoms with Crippen molar-refractivity contribution in [1.29, 1.82) is 0 Å². The van der Waals surface area contributed by atoms with E-state index in [0.717, 1.165) is 18.1 Å². The molecule has 0 aliphatic carbocycles. The maximum absolute atomic E-state index is 4.52. The van der Waals surface area contributed by atoms with Crippen LogP contribution in [0.15, 0.2) is 29.1 Å². The summed E-state index contributed by atoms with van der Waals surface area (Å²) in [5.74, 6) is 0. The summed E-state index contributed by atoms with van der Waals surface area (Å²) in [5, 5.41) is 5.67. The maximum Gasteiger partial charge on any atom is 0.110 e. The van der Waals surface area contributed by atoms with E-state index in [2.05, 4.69) is 61.6 Å². The molecule has 2 aromatic heterocycles. The minimum atomic E-state index is 0.614. The third-order valence-corrected chi connectivity index (χ3v) is 10.4. The maximum atomic E-state index is 4.52. The van der Waals surface area contributed by atoms with Gasteiger partial charge in [0.1, 0.15) is 5.01 Å². The number of rotatable bonds is 4. The average molecular weight is 502 g/mol. The highest BCUT2D eigenvalue weighted by atomic mass is 32.1. The largest absolute Gasteiger partial charge is 0.306 e. The lowest BCUT2D eigenvalue weighted by Gasteiger charge is -2.38. The molecule has 188 valence electrons. The first-order valence-electron chi connectivity index (χ1n) is 13.5. The van der Waals surface area contributed by atoms with Crippen LogP contribution in [0.4, 0.5) is 0 Å².